The summed E-state index contributed by atoms with van der Waals surface area (Å²) >= 11 is 0. The van der Waals surface area contributed by atoms with Gasteiger partial charge in [0.2, 0.25) is 0 Å². The number of aryl methyl sites for hydroxylation is 1. The van der Waals surface area contributed by atoms with E-state index in [1.807, 2.05) is 6.07 Å². The molecule has 3 N–H and O–H groups in total. The molecule has 1 aliphatic heterocycles. The fraction of sp³-hybridized carbons (Fsp3) is 0.345. The maximum atomic E-state index is 13.5. The molecule has 0 saturated carbocycles. The molecule has 216 valence electrons. The fourth-order valence-corrected chi connectivity index (χ4v) is 5.57. The van der Waals surface area contributed by atoms with Crippen molar-refractivity contribution < 1.29 is 21.9 Å². The molecule has 5 rings (SSSR count). The van der Waals surface area contributed by atoms with Gasteiger partial charge >= 0.3 is 6.18 Å². The standard InChI is InChI=1S/C29H31F3N6O2S/c1-20-17-28(35-40-20)36-41(39)24-10-8-21(9-11-24)33-14-4-5-23-18-25-26(34-22-12-15-37(2)16-13-22)6-3-7-27(25)38(23)19-29(30,31)32/h3,6-11,17-18,22,33-34H,12-16,19H2,1-2H3,(H,35,36). The molecule has 0 radical (unpaired) electrons. The van der Waals surface area contributed by atoms with Crippen LogP contribution in [-0.2, 0) is 17.5 Å². The van der Waals surface area contributed by atoms with E-state index < -0.39 is 23.7 Å². The number of nitrogens with zero attached hydrogens (tertiary/aromatic N) is 3. The predicted octanol–water partition coefficient (Wildman–Crippen LogP) is 5.60. The van der Waals surface area contributed by atoms with E-state index >= 15 is 0 Å². The Morgan fingerprint density at radius 1 is 1.12 bits per heavy atom. The van der Waals surface area contributed by atoms with Crippen molar-refractivity contribution in [3.63, 3.8) is 0 Å². The molecule has 41 heavy (non-hydrogen) atoms. The fourth-order valence-electron chi connectivity index (χ4n) is 4.78. The predicted molar refractivity (Wildman–Crippen MR) is 155 cm³/mol. The van der Waals surface area contributed by atoms with Crippen LogP contribution in [0.2, 0.25) is 0 Å². The smallest absolute Gasteiger partial charge is 0.382 e. The largest absolute Gasteiger partial charge is 0.406 e. The van der Waals surface area contributed by atoms with Crippen molar-refractivity contribution in [1.82, 2.24) is 14.6 Å². The maximum absolute atomic E-state index is 13.5. The second kappa shape index (κ2) is 12.3. The van der Waals surface area contributed by atoms with Crippen molar-refractivity contribution in [2.75, 3.05) is 42.0 Å². The van der Waals surface area contributed by atoms with E-state index in [1.54, 1.807) is 55.5 Å². The Hall–Kier alpha value is -3.95. The highest BCUT2D eigenvalue weighted by Crippen LogP contribution is 2.31. The number of benzene rings is 2. The van der Waals surface area contributed by atoms with E-state index in [2.05, 4.69) is 44.3 Å². The molecular formula is C29H31F3N6O2S. The number of hydrogen-bond donors (Lipinski definition) is 3. The van der Waals surface area contributed by atoms with Crippen molar-refractivity contribution in [3.05, 3.63) is 66.1 Å². The first-order chi connectivity index (χ1) is 19.6. The average molecular weight is 585 g/mol. The highest BCUT2D eigenvalue weighted by Gasteiger charge is 2.30. The molecule has 0 spiro atoms. The Morgan fingerprint density at radius 2 is 1.88 bits per heavy atom. The number of piperidine rings is 1. The van der Waals surface area contributed by atoms with Crippen LogP contribution in [0.5, 0.6) is 0 Å². The lowest BCUT2D eigenvalue weighted by Gasteiger charge is -2.30. The van der Waals surface area contributed by atoms with Gasteiger partial charge in [0.25, 0.3) is 0 Å². The van der Waals surface area contributed by atoms with Crippen LogP contribution in [0.25, 0.3) is 10.9 Å². The van der Waals surface area contributed by atoms with E-state index in [9.17, 15) is 17.4 Å². The normalized spacial score (nSPS) is 15.3. The summed E-state index contributed by atoms with van der Waals surface area (Å²) in [5.41, 5.74) is 2.36. The molecule has 12 heteroatoms. The van der Waals surface area contributed by atoms with Gasteiger partial charge in [0.05, 0.1) is 22.7 Å². The van der Waals surface area contributed by atoms with E-state index in [0.717, 1.165) is 42.7 Å². The summed E-state index contributed by atoms with van der Waals surface area (Å²) in [6, 6.07) is 16.0. The number of rotatable bonds is 8. The summed E-state index contributed by atoms with van der Waals surface area (Å²) in [5, 5.41) is 11.2. The minimum absolute atomic E-state index is 0.215. The molecule has 3 heterocycles. The molecule has 0 aliphatic carbocycles. The highest BCUT2D eigenvalue weighted by molar-refractivity contribution is 7.86. The van der Waals surface area contributed by atoms with Gasteiger partial charge in [-0.15, -0.1) is 0 Å². The molecule has 0 amide bonds. The molecule has 1 atom stereocenters. The number of halogens is 3. The number of fused-ring (bicyclic) bond motifs is 1. The third-order valence-corrected chi connectivity index (χ3v) is 7.95. The zero-order valence-corrected chi connectivity index (χ0v) is 23.5. The first kappa shape index (κ1) is 28.6. The lowest BCUT2D eigenvalue weighted by Crippen LogP contribution is -2.36. The third-order valence-electron chi connectivity index (χ3n) is 6.85. The van der Waals surface area contributed by atoms with Crippen LogP contribution < -0.4 is 15.4 Å². The number of anilines is 3. The lowest BCUT2D eigenvalue weighted by molar-refractivity contribution is -0.140. The van der Waals surface area contributed by atoms with Gasteiger partial charge in [0.1, 0.15) is 12.3 Å². The van der Waals surface area contributed by atoms with E-state index in [1.165, 1.54) is 4.57 Å². The highest BCUT2D eigenvalue weighted by atomic mass is 32.2. The van der Waals surface area contributed by atoms with Crippen LogP contribution >= 0.6 is 0 Å². The van der Waals surface area contributed by atoms with E-state index in [-0.39, 0.29) is 12.6 Å². The van der Waals surface area contributed by atoms with Crippen molar-refractivity contribution in [1.29, 1.82) is 0 Å². The molecule has 2 aromatic heterocycles. The van der Waals surface area contributed by atoms with Gasteiger partial charge in [-0.25, -0.2) is 4.21 Å². The Balaban J connectivity index is 1.28. The monoisotopic (exact) mass is 584 g/mol. The first-order valence-corrected chi connectivity index (χ1v) is 14.4. The number of alkyl halides is 3. The first-order valence-electron chi connectivity index (χ1n) is 13.2. The molecule has 8 nitrogen and oxygen atoms in total. The summed E-state index contributed by atoms with van der Waals surface area (Å²) in [6.45, 7) is 2.80. The van der Waals surface area contributed by atoms with Gasteiger partial charge in [-0.05, 0) is 88.3 Å². The quantitative estimate of drug-likeness (QED) is 0.234. The summed E-state index contributed by atoms with van der Waals surface area (Å²) in [7, 11) is 0.572. The second-order valence-electron chi connectivity index (χ2n) is 10.1. The molecule has 1 saturated heterocycles. The zero-order valence-electron chi connectivity index (χ0n) is 22.7. The minimum Gasteiger partial charge on any atom is -0.382 e. The average Bonchev–Trinajstić information content (AvgIpc) is 3.50. The van der Waals surface area contributed by atoms with E-state index in [4.69, 9.17) is 4.52 Å². The minimum atomic E-state index is -4.39. The van der Waals surface area contributed by atoms with E-state index in [0.29, 0.717) is 27.7 Å². The Bertz CT molecular complexity index is 1580. The van der Waals surface area contributed by atoms with Crippen LogP contribution in [0.15, 0.2) is 64.0 Å². The maximum Gasteiger partial charge on any atom is 0.406 e. The van der Waals surface area contributed by atoms with Crippen molar-refractivity contribution >= 4 is 39.1 Å². The van der Waals surface area contributed by atoms with Crippen molar-refractivity contribution in [2.24, 2.45) is 0 Å². The molecule has 1 fully saturated rings. The molecule has 1 aliphatic rings. The summed E-state index contributed by atoms with van der Waals surface area (Å²) in [6.07, 6.45) is -2.44. The Kier molecular flexibility index (Phi) is 8.56. The number of aromatic nitrogens is 2. The van der Waals surface area contributed by atoms with Crippen molar-refractivity contribution in [2.45, 2.75) is 43.4 Å². The molecule has 4 aromatic rings. The van der Waals surface area contributed by atoms with Gasteiger partial charge in [0.15, 0.2) is 16.8 Å². The summed E-state index contributed by atoms with van der Waals surface area (Å²) < 4.78 is 62.0. The second-order valence-corrected chi connectivity index (χ2v) is 11.3. The number of nitrogens with one attached hydrogen (secondary N) is 3. The molecule has 1 unspecified atom stereocenters. The molecule has 0 bridgehead atoms. The Labute approximate surface area is 238 Å². The van der Waals surface area contributed by atoms with Gasteiger partial charge in [-0.3, -0.25) is 4.72 Å². The van der Waals surface area contributed by atoms with Crippen LogP contribution in [-0.4, -0.2) is 57.7 Å². The molecule has 2 aromatic carbocycles. The zero-order chi connectivity index (χ0) is 29.0. The van der Waals surface area contributed by atoms with Crippen LogP contribution in [0.4, 0.5) is 30.4 Å². The third kappa shape index (κ3) is 7.42. The summed E-state index contributed by atoms with van der Waals surface area (Å²) in [5.74, 6) is 6.87. The van der Waals surface area contributed by atoms with Crippen LogP contribution in [0.1, 0.15) is 24.3 Å². The SMILES string of the molecule is Cc1cc(NS(=O)c2ccc(NCC#Cc3cc4c(NC5CCN(C)CC5)cccc4n3CC(F)(F)F)cc2)no1. The van der Waals surface area contributed by atoms with Crippen LogP contribution in [0, 0.1) is 18.8 Å². The topological polar surface area (TPSA) is 87.4 Å². The molecular weight excluding hydrogens is 553 g/mol. The Morgan fingerprint density at radius 3 is 2.56 bits per heavy atom. The van der Waals surface area contributed by atoms with Crippen LogP contribution in [0.3, 0.4) is 0 Å². The number of likely N-dealkylation sites (tertiary alicyclic amines) is 1. The van der Waals surface area contributed by atoms with Gasteiger partial charge in [-0.1, -0.05) is 17.1 Å². The van der Waals surface area contributed by atoms with Crippen molar-refractivity contribution in [3.8, 4) is 11.8 Å². The van der Waals surface area contributed by atoms with Gasteiger partial charge in [0, 0.05) is 28.9 Å². The lowest BCUT2D eigenvalue weighted by atomic mass is 10.0. The number of hydrogen-bond acceptors (Lipinski definition) is 6. The summed E-state index contributed by atoms with van der Waals surface area (Å²) in [4.78, 5) is 2.82. The van der Waals surface area contributed by atoms with Gasteiger partial charge in [-0.2, -0.15) is 13.2 Å². The van der Waals surface area contributed by atoms with Gasteiger partial charge < -0.3 is 24.6 Å².